The molecule has 0 saturated carbocycles. The molecule has 8 N–H and O–H groups in total. The van der Waals surface area contributed by atoms with Crippen molar-refractivity contribution in [3.8, 4) is 11.8 Å². The van der Waals surface area contributed by atoms with Gasteiger partial charge in [-0.2, -0.15) is 9.66 Å². The SMILES string of the molecule is CC#C[C@@]1(N)C(O)[C@@H]([C@H](C)O)O[C@H]1n1cc(F)c2c(=O)n(N)c(N)nc21. The molecule has 140 valence electrons. The van der Waals surface area contributed by atoms with Crippen molar-refractivity contribution >= 4 is 17.0 Å². The quantitative estimate of drug-likeness (QED) is 0.300. The van der Waals surface area contributed by atoms with Crippen molar-refractivity contribution in [2.75, 3.05) is 11.6 Å². The third-order valence-corrected chi connectivity index (χ3v) is 4.42. The molecule has 2 aromatic heterocycles. The van der Waals surface area contributed by atoms with E-state index in [1.165, 1.54) is 13.8 Å². The Morgan fingerprint density at radius 2 is 2.19 bits per heavy atom. The zero-order valence-corrected chi connectivity index (χ0v) is 14.0. The third-order valence-electron chi connectivity index (χ3n) is 4.42. The Hall–Kier alpha value is -2.65. The summed E-state index contributed by atoms with van der Waals surface area (Å²) in [5.74, 6) is 9.43. The van der Waals surface area contributed by atoms with Crippen LogP contribution >= 0.6 is 0 Å². The van der Waals surface area contributed by atoms with E-state index in [0.29, 0.717) is 4.68 Å². The van der Waals surface area contributed by atoms with Gasteiger partial charge in [0.15, 0.2) is 23.2 Å². The van der Waals surface area contributed by atoms with E-state index < -0.39 is 46.8 Å². The van der Waals surface area contributed by atoms with Crippen molar-refractivity contribution in [3.63, 3.8) is 0 Å². The molecule has 0 radical (unpaired) electrons. The fourth-order valence-corrected chi connectivity index (χ4v) is 3.14. The molecule has 2 aromatic rings. The molecule has 10 nitrogen and oxygen atoms in total. The number of fused-ring (bicyclic) bond motifs is 1. The first kappa shape index (κ1) is 18.2. The molecule has 0 spiro atoms. The number of anilines is 1. The molecule has 11 heteroatoms. The molecule has 5 atom stereocenters. The molecule has 1 aliphatic heterocycles. The number of rotatable bonds is 2. The average Bonchev–Trinajstić information content (AvgIpc) is 3.01. The maximum absolute atomic E-state index is 14.4. The summed E-state index contributed by atoms with van der Waals surface area (Å²) < 4.78 is 21.7. The van der Waals surface area contributed by atoms with Gasteiger partial charge in [-0.15, -0.1) is 5.92 Å². The molecule has 1 saturated heterocycles. The number of ether oxygens (including phenoxy) is 1. The molecule has 0 amide bonds. The Morgan fingerprint density at radius 1 is 1.54 bits per heavy atom. The smallest absolute Gasteiger partial charge is 0.285 e. The molecule has 1 unspecified atom stereocenters. The van der Waals surface area contributed by atoms with Gasteiger partial charge in [0.25, 0.3) is 5.56 Å². The zero-order valence-electron chi connectivity index (χ0n) is 14.0. The average molecular weight is 366 g/mol. The normalized spacial score (nSPS) is 29.5. The molecular weight excluding hydrogens is 347 g/mol. The molecule has 3 rings (SSSR count). The number of nitrogens with two attached hydrogens (primary N) is 3. The Balaban J connectivity index is 2.28. The van der Waals surface area contributed by atoms with Gasteiger partial charge in [0.05, 0.1) is 6.10 Å². The van der Waals surface area contributed by atoms with Crippen molar-refractivity contribution in [1.29, 1.82) is 0 Å². The van der Waals surface area contributed by atoms with E-state index >= 15 is 0 Å². The van der Waals surface area contributed by atoms with Crippen LogP contribution in [0.4, 0.5) is 10.3 Å². The highest BCUT2D eigenvalue weighted by Gasteiger charge is 2.56. The summed E-state index contributed by atoms with van der Waals surface area (Å²) in [5, 5.41) is 20.0. The van der Waals surface area contributed by atoms with E-state index in [-0.39, 0.29) is 11.6 Å². The monoisotopic (exact) mass is 366 g/mol. The van der Waals surface area contributed by atoms with E-state index in [9.17, 15) is 19.4 Å². The highest BCUT2D eigenvalue weighted by atomic mass is 19.1. The second kappa shape index (κ2) is 5.96. The maximum atomic E-state index is 14.4. The van der Waals surface area contributed by atoms with Gasteiger partial charge < -0.3 is 32.3 Å². The van der Waals surface area contributed by atoms with Crippen LogP contribution in [-0.4, -0.2) is 48.3 Å². The van der Waals surface area contributed by atoms with Crippen LogP contribution in [0.15, 0.2) is 11.0 Å². The number of nitrogen functional groups attached to an aromatic ring is 2. The van der Waals surface area contributed by atoms with Crippen molar-refractivity contribution in [1.82, 2.24) is 14.2 Å². The number of hydrogen-bond donors (Lipinski definition) is 5. The summed E-state index contributed by atoms with van der Waals surface area (Å²) in [6.45, 7) is 2.92. The van der Waals surface area contributed by atoms with Gasteiger partial charge in [-0.05, 0) is 13.8 Å². The van der Waals surface area contributed by atoms with Crippen molar-refractivity contribution in [2.45, 2.75) is 43.9 Å². The van der Waals surface area contributed by atoms with E-state index in [1.807, 2.05) is 0 Å². The van der Waals surface area contributed by atoms with Crippen LogP contribution in [0, 0.1) is 17.7 Å². The number of aliphatic hydroxyl groups is 2. The lowest BCUT2D eigenvalue weighted by Gasteiger charge is -2.28. The van der Waals surface area contributed by atoms with Gasteiger partial charge in [-0.3, -0.25) is 9.36 Å². The molecule has 3 heterocycles. The summed E-state index contributed by atoms with van der Waals surface area (Å²) in [5.41, 5.74) is 9.10. The van der Waals surface area contributed by atoms with Crippen LogP contribution in [0.25, 0.3) is 11.0 Å². The van der Waals surface area contributed by atoms with Gasteiger partial charge in [-0.1, -0.05) is 5.92 Å². The largest absolute Gasteiger partial charge is 0.391 e. The third kappa shape index (κ3) is 2.35. The highest BCUT2D eigenvalue weighted by molar-refractivity contribution is 5.77. The van der Waals surface area contributed by atoms with Crippen LogP contribution in [0.2, 0.25) is 0 Å². The van der Waals surface area contributed by atoms with Crippen LogP contribution in [0.5, 0.6) is 0 Å². The Bertz CT molecular complexity index is 990. The summed E-state index contributed by atoms with van der Waals surface area (Å²) >= 11 is 0. The predicted octanol–water partition coefficient (Wildman–Crippen LogP) is -2.01. The summed E-state index contributed by atoms with van der Waals surface area (Å²) in [7, 11) is 0. The number of aliphatic hydroxyl groups excluding tert-OH is 2. The maximum Gasteiger partial charge on any atom is 0.285 e. The molecule has 0 aromatic carbocycles. The summed E-state index contributed by atoms with van der Waals surface area (Å²) in [4.78, 5) is 16.1. The van der Waals surface area contributed by atoms with Gasteiger partial charge in [0.1, 0.15) is 17.6 Å². The van der Waals surface area contributed by atoms with Crippen LogP contribution in [-0.2, 0) is 4.74 Å². The minimum Gasteiger partial charge on any atom is -0.391 e. The standard InChI is InChI=1S/C15H19FN6O4/c1-3-4-15(18)10(24)9(6(2)23)26-13(15)21-5-7(16)8-11(21)20-14(17)22(19)12(8)25/h5-6,9-10,13,23-24H,18-19H2,1-2H3,(H2,17,20)/t6-,9+,10?,13+,15+/m0/s1. The first-order valence-electron chi connectivity index (χ1n) is 7.71. The minimum atomic E-state index is -1.69. The first-order chi connectivity index (χ1) is 12.1. The summed E-state index contributed by atoms with van der Waals surface area (Å²) in [6.07, 6.45) is -3.84. The van der Waals surface area contributed by atoms with Gasteiger partial charge in [0, 0.05) is 6.20 Å². The van der Waals surface area contributed by atoms with E-state index in [4.69, 9.17) is 22.0 Å². The number of aromatic nitrogens is 3. The van der Waals surface area contributed by atoms with Gasteiger partial charge >= 0.3 is 0 Å². The lowest BCUT2D eigenvalue weighted by atomic mass is 9.90. The molecule has 1 aliphatic rings. The Kier molecular flexibility index (Phi) is 4.16. The molecule has 1 fully saturated rings. The molecule has 0 aliphatic carbocycles. The molecule has 26 heavy (non-hydrogen) atoms. The van der Waals surface area contributed by atoms with E-state index in [1.54, 1.807) is 0 Å². The Morgan fingerprint density at radius 3 is 2.77 bits per heavy atom. The highest BCUT2D eigenvalue weighted by Crippen LogP contribution is 2.39. The van der Waals surface area contributed by atoms with Crippen LogP contribution < -0.4 is 22.9 Å². The van der Waals surface area contributed by atoms with Crippen molar-refractivity contribution < 1.29 is 19.3 Å². The van der Waals surface area contributed by atoms with Gasteiger partial charge in [-0.25, -0.2) is 4.39 Å². The van der Waals surface area contributed by atoms with Crippen molar-refractivity contribution in [2.24, 2.45) is 5.73 Å². The number of halogens is 1. The summed E-state index contributed by atoms with van der Waals surface area (Å²) in [6, 6.07) is 0. The fourth-order valence-electron chi connectivity index (χ4n) is 3.14. The Labute approximate surface area is 146 Å². The second-order valence-corrected chi connectivity index (χ2v) is 6.17. The van der Waals surface area contributed by atoms with Crippen LogP contribution in [0.1, 0.15) is 20.1 Å². The topological polar surface area (TPSA) is 168 Å². The lowest BCUT2D eigenvalue weighted by Crippen LogP contribution is -2.54. The lowest BCUT2D eigenvalue weighted by molar-refractivity contribution is -0.0756. The second-order valence-electron chi connectivity index (χ2n) is 6.17. The number of hydrogen-bond acceptors (Lipinski definition) is 8. The van der Waals surface area contributed by atoms with Gasteiger partial charge in [0.2, 0.25) is 5.95 Å². The first-order valence-corrected chi connectivity index (χ1v) is 7.71. The van der Waals surface area contributed by atoms with E-state index in [2.05, 4.69) is 16.8 Å². The van der Waals surface area contributed by atoms with E-state index in [0.717, 1.165) is 10.8 Å². The fraction of sp³-hybridized carbons (Fsp3) is 0.467. The zero-order chi connectivity index (χ0) is 19.4. The van der Waals surface area contributed by atoms with Crippen molar-refractivity contribution in [3.05, 3.63) is 22.4 Å². The number of nitrogens with zero attached hydrogens (tertiary/aromatic N) is 3. The minimum absolute atomic E-state index is 0.164. The van der Waals surface area contributed by atoms with Crippen LogP contribution in [0.3, 0.4) is 0 Å². The molecular formula is C15H19FN6O4. The molecule has 0 bridgehead atoms. The predicted molar refractivity (Wildman–Crippen MR) is 90.5 cm³/mol.